The average Bonchev–Trinajstić information content (AvgIpc) is 3.62. The molecule has 5 aromatic carbocycles. The van der Waals surface area contributed by atoms with Gasteiger partial charge < -0.3 is 4.42 Å². The zero-order chi connectivity index (χ0) is 27.3. The Bertz CT molecular complexity index is 2340. The van der Waals surface area contributed by atoms with Gasteiger partial charge in [-0.05, 0) is 40.5 Å². The molecule has 3 aromatic heterocycles. The van der Waals surface area contributed by atoms with Gasteiger partial charge in [0, 0.05) is 27.1 Å². The highest BCUT2D eigenvalue weighted by atomic mass is 16.3. The molecular formula is C37H25N3O. The van der Waals surface area contributed by atoms with E-state index in [2.05, 4.69) is 97.3 Å². The minimum Gasteiger partial charge on any atom is -0.436 e. The summed E-state index contributed by atoms with van der Waals surface area (Å²) in [5.74, 6) is 0.807. The fourth-order valence-corrected chi connectivity index (χ4v) is 6.99. The maximum absolute atomic E-state index is 6.23. The van der Waals surface area contributed by atoms with Crippen LogP contribution in [0.3, 0.4) is 0 Å². The predicted octanol–water partition coefficient (Wildman–Crippen LogP) is 9.45. The molecule has 1 aliphatic carbocycles. The highest BCUT2D eigenvalue weighted by Gasteiger charge is 2.38. The molecule has 4 nitrogen and oxygen atoms in total. The Labute approximate surface area is 236 Å². The van der Waals surface area contributed by atoms with Crippen molar-refractivity contribution in [2.45, 2.75) is 19.3 Å². The van der Waals surface area contributed by atoms with Gasteiger partial charge in [0.05, 0.1) is 11.0 Å². The van der Waals surface area contributed by atoms with Crippen LogP contribution in [0, 0.1) is 0 Å². The van der Waals surface area contributed by atoms with Gasteiger partial charge in [0.2, 0.25) is 5.71 Å². The molecule has 194 valence electrons. The molecule has 0 aliphatic heterocycles. The number of aromatic nitrogens is 3. The third-order valence-electron chi connectivity index (χ3n) is 8.81. The van der Waals surface area contributed by atoms with Crippen LogP contribution in [-0.2, 0) is 5.41 Å². The molecule has 9 rings (SSSR count). The number of hydrogen-bond acceptors (Lipinski definition) is 3. The number of benzene rings is 5. The third kappa shape index (κ3) is 2.94. The smallest absolute Gasteiger partial charge is 0.247 e. The van der Waals surface area contributed by atoms with Crippen molar-refractivity contribution in [1.29, 1.82) is 0 Å². The summed E-state index contributed by atoms with van der Waals surface area (Å²) in [4.78, 5) is 10.6. The van der Waals surface area contributed by atoms with E-state index in [4.69, 9.17) is 14.4 Å². The average molecular weight is 528 g/mol. The van der Waals surface area contributed by atoms with E-state index < -0.39 is 0 Å². The van der Waals surface area contributed by atoms with Crippen LogP contribution in [0.25, 0.3) is 72.2 Å². The summed E-state index contributed by atoms with van der Waals surface area (Å²) in [5, 5.41) is 3.39. The number of hydrogen-bond donors (Lipinski definition) is 0. The van der Waals surface area contributed by atoms with Gasteiger partial charge >= 0.3 is 0 Å². The molecule has 0 fully saturated rings. The SMILES string of the molecule is CC1(C)c2ccccc2-c2ccc3c4ccccc4n(-c4nc5c(nc4-c4ccccc4)oc4ccccc45)c3c21. The van der Waals surface area contributed by atoms with E-state index in [1.165, 1.54) is 38.5 Å². The molecular weight excluding hydrogens is 502 g/mol. The number of furan rings is 1. The largest absolute Gasteiger partial charge is 0.436 e. The minimum absolute atomic E-state index is 0.190. The van der Waals surface area contributed by atoms with Crippen molar-refractivity contribution in [3.05, 3.63) is 126 Å². The zero-order valence-electron chi connectivity index (χ0n) is 22.7. The van der Waals surface area contributed by atoms with Crippen LogP contribution < -0.4 is 0 Å². The molecule has 0 bridgehead atoms. The van der Waals surface area contributed by atoms with Crippen molar-refractivity contribution in [3.8, 4) is 28.2 Å². The summed E-state index contributed by atoms with van der Waals surface area (Å²) in [6, 6.07) is 40.4. The molecule has 0 saturated carbocycles. The van der Waals surface area contributed by atoms with Crippen molar-refractivity contribution < 1.29 is 4.42 Å². The van der Waals surface area contributed by atoms with Gasteiger partial charge in [0.25, 0.3) is 0 Å². The number of nitrogens with zero attached hydrogens (tertiary/aromatic N) is 3. The lowest BCUT2D eigenvalue weighted by Gasteiger charge is -2.23. The molecule has 0 spiro atoms. The Hall–Kier alpha value is -5.22. The lowest BCUT2D eigenvalue weighted by atomic mass is 9.81. The molecule has 4 heteroatoms. The van der Waals surface area contributed by atoms with Crippen LogP contribution in [-0.4, -0.2) is 14.5 Å². The summed E-state index contributed by atoms with van der Waals surface area (Å²) in [6.45, 7) is 4.69. The Morgan fingerprint density at radius 2 is 1.37 bits per heavy atom. The Balaban J connectivity index is 1.50. The van der Waals surface area contributed by atoms with Crippen LogP contribution >= 0.6 is 0 Å². The predicted molar refractivity (Wildman–Crippen MR) is 167 cm³/mol. The van der Waals surface area contributed by atoms with Gasteiger partial charge in [-0.25, -0.2) is 9.97 Å². The first-order chi connectivity index (χ1) is 20.1. The van der Waals surface area contributed by atoms with Crippen LogP contribution in [0.1, 0.15) is 25.0 Å². The van der Waals surface area contributed by atoms with Crippen molar-refractivity contribution in [3.63, 3.8) is 0 Å². The normalized spacial score (nSPS) is 13.8. The monoisotopic (exact) mass is 527 g/mol. The first kappa shape index (κ1) is 22.6. The van der Waals surface area contributed by atoms with E-state index in [-0.39, 0.29) is 5.41 Å². The molecule has 0 N–H and O–H groups in total. The zero-order valence-corrected chi connectivity index (χ0v) is 22.7. The summed E-state index contributed by atoms with van der Waals surface area (Å²) >= 11 is 0. The lowest BCUT2D eigenvalue weighted by molar-refractivity contribution is 0.653. The topological polar surface area (TPSA) is 43.9 Å². The first-order valence-electron chi connectivity index (χ1n) is 14.0. The number of para-hydroxylation sites is 2. The molecule has 8 aromatic rings. The summed E-state index contributed by atoms with van der Waals surface area (Å²) in [6.07, 6.45) is 0. The van der Waals surface area contributed by atoms with Crippen LogP contribution in [0.2, 0.25) is 0 Å². The van der Waals surface area contributed by atoms with Crippen molar-refractivity contribution in [2.24, 2.45) is 0 Å². The molecule has 0 atom stereocenters. The van der Waals surface area contributed by atoms with E-state index in [0.717, 1.165) is 39.1 Å². The summed E-state index contributed by atoms with van der Waals surface area (Å²) in [7, 11) is 0. The molecule has 0 amide bonds. The van der Waals surface area contributed by atoms with Crippen LogP contribution in [0.4, 0.5) is 0 Å². The number of fused-ring (bicyclic) bond motifs is 10. The second-order valence-electron chi connectivity index (χ2n) is 11.4. The standard InChI is InChI=1S/C37H25N3O/c1-37(2)28-17-9-6-14-23(28)25-20-21-26-24-15-7-10-18-29(24)40(34(26)31(25)37)35-32(22-12-4-3-5-13-22)39-36-33(38-35)27-16-8-11-19-30(27)41-36/h3-21H,1-2H3. The molecule has 0 radical (unpaired) electrons. The van der Waals surface area contributed by atoms with Gasteiger partial charge in [-0.2, -0.15) is 0 Å². The summed E-state index contributed by atoms with van der Waals surface area (Å²) in [5.41, 5.74) is 11.3. The highest BCUT2D eigenvalue weighted by Crippen LogP contribution is 2.53. The Morgan fingerprint density at radius 3 is 2.24 bits per heavy atom. The molecule has 41 heavy (non-hydrogen) atoms. The van der Waals surface area contributed by atoms with Gasteiger partial charge in [0.1, 0.15) is 16.8 Å². The number of rotatable bonds is 2. The van der Waals surface area contributed by atoms with E-state index in [9.17, 15) is 0 Å². The van der Waals surface area contributed by atoms with E-state index in [0.29, 0.717) is 5.71 Å². The Kier molecular flexibility index (Phi) is 4.36. The van der Waals surface area contributed by atoms with Crippen molar-refractivity contribution in [2.75, 3.05) is 0 Å². The third-order valence-corrected chi connectivity index (χ3v) is 8.81. The molecule has 1 aliphatic rings. The maximum atomic E-state index is 6.23. The lowest BCUT2D eigenvalue weighted by Crippen LogP contribution is -2.17. The van der Waals surface area contributed by atoms with Crippen molar-refractivity contribution in [1.82, 2.24) is 14.5 Å². The van der Waals surface area contributed by atoms with Gasteiger partial charge in [0.15, 0.2) is 5.82 Å². The van der Waals surface area contributed by atoms with Crippen LogP contribution in [0.15, 0.2) is 120 Å². The van der Waals surface area contributed by atoms with Crippen molar-refractivity contribution >= 4 is 44.0 Å². The first-order valence-corrected chi connectivity index (χ1v) is 14.0. The van der Waals surface area contributed by atoms with Crippen LogP contribution in [0.5, 0.6) is 0 Å². The van der Waals surface area contributed by atoms with E-state index in [1.807, 2.05) is 36.4 Å². The maximum Gasteiger partial charge on any atom is 0.247 e. The van der Waals surface area contributed by atoms with E-state index in [1.54, 1.807) is 0 Å². The summed E-state index contributed by atoms with van der Waals surface area (Å²) < 4.78 is 8.58. The minimum atomic E-state index is -0.190. The molecule has 3 heterocycles. The molecule has 0 unspecified atom stereocenters. The highest BCUT2D eigenvalue weighted by molar-refractivity contribution is 6.13. The second-order valence-corrected chi connectivity index (χ2v) is 11.4. The Morgan fingerprint density at radius 1 is 0.634 bits per heavy atom. The quantitative estimate of drug-likeness (QED) is 0.225. The second kappa shape index (κ2) is 7.92. The fraction of sp³-hybridized carbons (Fsp3) is 0.0811. The van der Waals surface area contributed by atoms with Gasteiger partial charge in [-0.3, -0.25) is 4.57 Å². The fourth-order valence-electron chi connectivity index (χ4n) is 6.99. The van der Waals surface area contributed by atoms with Gasteiger partial charge in [-0.1, -0.05) is 111 Å². The van der Waals surface area contributed by atoms with Gasteiger partial charge in [-0.15, -0.1) is 0 Å². The van der Waals surface area contributed by atoms with E-state index >= 15 is 0 Å². The molecule has 0 saturated heterocycles.